The molecule has 1 saturated heterocycles. The molecule has 0 bridgehead atoms. The first-order valence-electron chi connectivity index (χ1n) is 3.85. The molecular formula is C8H9ClNOS. The van der Waals surface area contributed by atoms with Crippen molar-refractivity contribution < 1.29 is 4.74 Å². The van der Waals surface area contributed by atoms with Gasteiger partial charge in [0.2, 0.25) is 0 Å². The number of thiazole rings is 1. The van der Waals surface area contributed by atoms with Crippen molar-refractivity contribution in [2.24, 2.45) is 0 Å². The Bertz CT molecular complexity index is 276. The second-order valence-electron chi connectivity index (χ2n) is 2.85. The Morgan fingerprint density at radius 1 is 1.75 bits per heavy atom. The normalized spacial score (nSPS) is 29.5. The van der Waals surface area contributed by atoms with E-state index in [1.54, 1.807) is 6.20 Å². The SMILES string of the molecule is CC1C[CH]C(c2cnc(Cl)s2)O1. The third kappa shape index (κ3) is 1.63. The Labute approximate surface area is 80.5 Å². The van der Waals surface area contributed by atoms with E-state index < -0.39 is 0 Å². The molecule has 12 heavy (non-hydrogen) atoms. The van der Waals surface area contributed by atoms with Crippen molar-refractivity contribution >= 4 is 22.9 Å². The van der Waals surface area contributed by atoms with Crippen LogP contribution in [0.15, 0.2) is 6.20 Å². The van der Waals surface area contributed by atoms with E-state index in [1.165, 1.54) is 11.3 Å². The quantitative estimate of drug-likeness (QED) is 0.699. The van der Waals surface area contributed by atoms with Gasteiger partial charge < -0.3 is 4.74 Å². The van der Waals surface area contributed by atoms with E-state index in [9.17, 15) is 0 Å². The lowest BCUT2D eigenvalue weighted by molar-refractivity contribution is 0.0649. The summed E-state index contributed by atoms with van der Waals surface area (Å²) in [5.74, 6) is 0. The number of hydrogen-bond acceptors (Lipinski definition) is 3. The summed E-state index contributed by atoms with van der Waals surface area (Å²) in [6.07, 6.45) is 5.40. The molecule has 65 valence electrons. The van der Waals surface area contributed by atoms with Gasteiger partial charge in [-0.2, -0.15) is 0 Å². The molecular weight excluding hydrogens is 194 g/mol. The first kappa shape index (κ1) is 8.48. The lowest BCUT2D eigenvalue weighted by Crippen LogP contribution is -1.99. The van der Waals surface area contributed by atoms with E-state index in [-0.39, 0.29) is 6.10 Å². The lowest BCUT2D eigenvalue weighted by Gasteiger charge is -2.06. The molecule has 2 rings (SSSR count). The van der Waals surface area contributed by atoms with Gasteiger partial charge in [0.05, 0.1) is 17.1 Å². The summed E-state index contributed by atoms with van der Waals surface area (Å²) >= 11 is 7.20. The van der Waals surface area contributed by atoms with Crippen molar-refractivity contribution in [3.05, 3.63) is 22.0 Å². The molecule has 0 amide bonds. The van der Waals surface area contributed by atoms with Gasteiger partial charge in [-0.25, -0.2) is 4.98 Å². The highest BCUT2D eigenvalue weighted by molar-refractivity contribution is 7.15. The van der Waals surface area contributed by atoms with Crippen LogP contribution in [0.3, 0.4) is 0 Å². The van der Waals surface area contributed by atoms with Crippen molar-refractivity contribution in [1.29, 1.82) is 0 Å². The Hall–Kier alpha value is -0.120. The average Bonchev–Trinajstić information content (AvgIpc) is 2.58. The Balaban J connectivity index is 2.11. The fourth-order valence-electron chi connectivity index (χ4n) is 1.26. The molecule has 1 fully saturated rings. The van der Waals surface area contributed by atoms with Crippen LogP contribution in [0.4, 0.5) is 0 Å². The highest BCUT2D eigenvalue weighted by Gasteiger charge is 2.25. The fraction of sp³-hybridized carbons (Fsp3) is 0.500. The number of rotatable bonds is 1. The molecule has 1 aliphatic heterocycles. The summed E-state index contributed by atoms with van der Waals surface area (Å²) in [6.45, 7) is 2.07. The molecule has 0 spiro atoms. The third-order valence-corrected chi connectivity index (χ3v) is 3.01. The molecule has 1 aromatic heterocycles. The van der Waals surface area contributed by atoms with Gasteiger partial charge in [-0.3, -0.25) is 0 Å². The van der Waals surface area contributed by atoms with E-state index in [0.29, 0.717) is 10.6 Å². The summed E-state index contributed by atoms with van der Waals surface area (Å²) in [5, 5.41) is 0. The van der Waals surface area contributed by atoms with Crippen molar-refractivity contribution in [2.75, 3.05) is 0 Å². The predicted octanol–water partition coefficient (Wildman–Crippen LogP) is 2.85. The molecule has 2 heterocycles. The lowest BCUT2D eigenvalue weighted by atomic mass is 10.2. The van der Waals surface area contributed by atoms with Crippen LogP contribution in [-0.4, -0.2) is 11.1 Å². The van der Waals surface area contributed by atoms with Crippen LogP contribution >= 0.6 is 22.9 Å². The first-order chi connectivity index (χ1) is 5.75. The number of aromatic nitrogens is 1. The standard InChI is InChI=1S/C8H9ClNOS/c1-5-2-3-6(11-5)7-4-10-8(9)12-7/h3-6H,2H2,1H3. The minimum atomic E-state index is 0.116. The Kier molecular flexibility index (Phi) is 2.35. The number of halogens is 1. The molecule has 1 aliphatic rings. The van der Waals surface area contributed by atoms with Crippen molar-refractivity contribution in [1.82, 2.24) is 4.98 Å². The monoisotopic (exact) mass is 202 g/mol. The number of nitrogens with zero attached hydrogens (tertiary/aromatic N) is 1. The molecule has 0 N–H and O–H groups in total. The van der Waals surface area contributed by atoms with Gasteiger partial charge in [-0.1, -0.05) is 11.6 Å². The van der Waals surface area contributed by atoms with Crippen LogP contribution in [0.25, 0.3) is 0 Å². The van der Waals surface area contributed by atoms with Crippen molar-refractivity contribution in [3.63, 3.8) is 0 Å². The molecule has 4 heteroatoms. The second-order valence-corrected chi connectivity index (χ2v) is 4.50. The second kappa shape index (κ2) is 3.32. The molecule has 1 aromatic rings. The zero-order valence-corrected chi connectivity index (χ0v) is 8.23. The van der Waals surface area contributed by atoms with Gasteiger partial charge in [-0.15, -0.1) is 11.3 Å². The van der Waals surface area contributed by atoms with Crippen LogP contribution in [0.2, 0.25) is 4.47 Å². The summed E-state index contributed by atoms with van der Waals surface area (Å²) in [6, 6.07) is 0. The van der Waals surface area contributed by atoms with Crippen LogP contribution < -0.4 is 0 Å². The van der Waals surface area contributed by atoms with E-state index in [2.05, 4.69) is 18.3 Å². The maximum absolute atomic E-state index is 5.71. The smallest absolute Gasteiger partial charge is 0.183 e. The van der Waals surface area contributed by atoms with Gasteiger partial charge in [-0.05, 0) is 19.8 Å². The summed E-state index contributed by atoms with van der Waals surface area (Å²) in [4.78, 5) is 5.07. The average molecular weight is 203 g/mol. The van der Waals surface area contributed by atoms with E-state index in [4.69, 9.17) is 16.3 Å². The third-order valence-electron chi connectivity index (χ3n) is 1.84. The van der Waals surface area contributed by atoms with E-state index >= 15 is 0 Å². The van der Waals surface area contributed by atoms with Gasteiger partial charge >= 0.3 is 0 Å². The minimum absolute atomic E-state index is 0.116. The number of hydrogen-bond donors (Lipinski definition) is 0. The maximum atomic E-state index is 5.71. The highest BCUT2D eigenvalue weighted by Crippen LogP contribution is 2.35. The molecule has 1 radical (unpaired) electrons. The molecule has 2 atom stereocenters. The van der Waals surface area contributed by atoms with Crippen molar-refractivity contribution in [3.8, 4) is 0 Å². The minimum Gasteiger partial charge on any atom is -0.369 e. The summed E-state index contributed by atoms with van der Waals surface area (Å²) in [7, 11) is 0. The topological polar surface area (TPSA) is 22.1 Å². The molecule has 0 aromatic carbocycles. The van der Waals surface area contributed by atoms with Crippen LogP contribution in [-0.2, 0) is 4.74 Å². The maximum Gasteiger partial charge on any atom is 0.183 e. The summed E-state index contributed by atoms with van der Waals surface area (Å²) < 4.78 is 6.20. The van der Waals surface area contributed by atoms with E-state index in [0.717, 1.165) is 11.3 Å². The Morgan fingerprint density at radius 2 is 2.58 bits per heavy atom. The zero-order valence-electron chi connectivity index (χ0n) is 6.66. The predicted molar refractivity (Wildman–Crippen MR) is 49.3 cm³/mol. The van der Waals surface area contributed by atoms with Crippen molar-refractivity contribution in [2.45, 2.75) is 25.6 Å². The van der Waals surface area contributed by atoms with Crippen LogP contribution in [0.1, 0.15) is 24.3 Å². The Morgan fingerprint density at radius 3 is 3.08 bits per heavy atom. The zero-order chi connectivity index (χ0) is 8.55. The van der Waals surface area contributed by atoms with Gasteiger partial charge in [0.25, 0.3) is 0 Å². The van der Waals surface area contributed by atoms with Gasteiger partial charge in [0.15, 0.2) is 4.47 Å². The highest BCUT2D eigenvalue weighted by atomic mass is 35.5. The molecule has 0 saturated carbocycles. The summed E-state index contributed by atoms with van der Waals surface area (Å²) in [5.41, 5.74) is 0. The van der Waals surface area contributed by atoms with Gasteiger partial charge in [0.1, 0.15) is 0 Å². The van der Waals surface area contributed by atoms with E-state index in [1.807, 2.05) is 0 Å². The largest absolute Gasteiger partial charge is 0.369 e. The number of ether oxygens (including phenoxy) is 1. The molecule has 0 aliphatic carbocycles. The fourth-order valence-corrected chi connectivity index (χ4v) is 2.25. The van der Waals surface area contributed by atoms with Crippen LogP contribution in [0.5, 0.6) is 0 Å². The molecule has 2 nitrogen and oxygen atoms in total. The van der Waals surface area contributed by atoms with Gasteiger partial charge in [0, 0.05) is 6.20 Å². The molecule has 2 unspecified atom stereocenters. The first-order valence-corrected chi connectivity index (χ1v) is 5.05. The van der Waals surface area contributed by atoms with Crippen LogP contribution in [0, 0.1) is 6.42 Å².